The molecule has 0 saturated carbocycles. The van der Waals surface area contributed by atoms with Crippen LogP contribution in [-0.4, -0.2) is 59.6 Å². The van der Waals surface area contributed by atoms with E-state index in [-0.39, 0.29) is 5.91 Å². The van der Waals surface area contributed by atoms with Crippen LogP contribution in [0.5, 0.6) is 0 Å². The summed E-state index contributed by atoms with van der Waals surface area (Å²) in [7, 11) is 0. The average molecular weight is 381 g/mol. The molecular weight excluding hydrogens is 360 g/mol. The molecule has 2 aromatic heterocycles. The Morgan fingerprint density at radius 3 is 2.91 bits per heavy atom. The van der Waals surface area contributed by atoms with Crippen LogP contribution in [0.15, 0.2) is 22.8 Å². The Morgan fingerprint density at radius 1 is 1.39 bits per heavy atom. The van der Waals surface area contributed by atoms with Gasteiger partial charge in [-0.25, -0.2) is 4.98 Å². The number of pyridine rings is 1. The van der Waals surface area contributed by atoms with Crippen molar-refractivity contribution >= 4 is 27.5 Å². The fraction of sp³-hybridized carbons (Fsp3) is 0.500. The predicted molar refractivity (Wildman–Crippen MR) is 91.9 cm³/mol. The fourth-order valence-corrected chi connectivity index (χ4v) is 3.13. The summed E-state index contributed by atoms with van der Waals surface area (Å²) in [5.74, 6) is -0.0688. The first-order chi connectivity index (χ1) is 11.2. The van der Waals surface area contributed by atoms with Crippen LogP contribution in [0.4, 0.5) is 0 Å². The maximum Gasteiger partial charge on any atom is 0.270 e. The van der Waals surface area contributed by atoms with Gasteiger partial charge >= 0.3 is 0 Å². The Kier molecular flexibility index (Phi) is 5.30. The number of rotatable bonds is 5. The molecule has 0 unspecified atom stereocenters. The normalized spacial score (nSPS) is 15.9. The highest BCUT2D eigenvalue weighted by Crippen LogP contribution is 2.17. The number of nitrogens with zero attached hydrogens (tertiary/aromatic N) is 3. The van der Waals surface area contributed by atoms with Crippen molar-refractivity contribution in [2.75, 3.05) is 39.4 Å². The van der Waals surface area contributed by atoms with Gasteiger partial charge in [-0.15, -0.1) is 0 Å². The summed E-state index contributed by atoms with van der Waals surface area (Å²) in [5, 5.41) is 3.02. The SMILES string of the molecule is CCc1nc2ccc(Br)cn2c1C(=O)NCCN1CCOCC1. The highest BCUT2D eigenvalue weighted by molar-refractivity contribution is 9.10. The van der Waals surface area contributed by atoms with Gasteiger partial charge < -0.3 is 10.1 Å². The van der Waals surface area contributed by atoms with E-state index in [1.54, 1.807) is 0 Å². The van der Waals surface area contributed by atoms with Gasteiger partial charge in [-0.05, 0) is 34.5 Å². The molecule has 124 valence electrons. The Bertz CT molecular complexity index is 695. The summed E-state index contributed by atoms with van der Waals surface area (Å²) in [4.78, 5) is 19.5. The van der Waals surface area contributed by atoms with E-state index in [0.717, 1.165) is 55.1 Å². The summed E-state index contributed by atoms with van der Waals surface area (Å²) in [6, 6.07) is 3.84. The van der Waals surface area contributed by atoms with Crippen molar-refractivity contribution in [2.24, 2.45) is 0 Å². The summed E-state index contributed by atoms with van der Waals surface area (Å²) < 4.78 is 8.11. The molecule has 2 aromatic rings. The Labute approximate surface area is 144 Å². The monoisotopic (exact) mass is 380 g/mol. The Balaban J connectivity index is 1.70. The third kappa shape index (κ3) is 3.73. The van der Waals surface area contributed by atoms with Gasteiger partial charge in [0, 0.05) is 36.8 Å². The van der Waals surface area contributed by atoms with Gasteiger partial charge in [-0.1, -0.05) is 6.92 Å². The smallest absolute Gasteiger partial charge is 0.270 e. The molecule has 1 N–H and O–H groups in total. The number of morpholine rings is 1. The minimum Gasteiger partial charge on any atom is -0.379 e. The molecule has 1 fully saturated rings. The maximum absolute atomic E-state index is 12.6. The van der Waals surface area contributed by atoms with Crippen molar-refractivity contribution in [1.29, 1.82) is 0 Å². The number of ether oxygens (including phenoxy) is 1. The van der Waals surface area contributed by atoms with E-state index in [0.29, 0.717) is 12.2 Å². The average Bonchev–Trinajstić information content (AvgIpc) is 2.93. The second-order valence-corrected chi connectivity index (χ2v) is 6.46. The number of carbonyl (C=O) groups is 1. The first-order valence-corrected chi connectivity index (χ1v) is 8.73. The van der Waals surface area contributed by atoms with E-state index in [2.05, 4.69) is 31.1 Å². The first kappa shape index (κ1) is 16.4. The second-order valence-electron chi connectivity index (χ2n) is 5.55. The van der Waals surface area contributed by atoms with Gasteiger partial charge in [0.1, 0.15) is 11.3 Å². The number of aryl methyl sites for hydroxylation is 1. The first-order valence-electron chi connectivity index (χ1n) is 7.94. The van der Waals surface area contributed by atoms with E-state index in [1.165, 1.54) is 0 Å². The van der Waals surface area contributed by atoms with Gasteiger partial charge in [0.2, 0.25) is 0 Å². The molecular formula is C16H21BrN4O2. The number of hydrogen-bond acceptors (Lipinski definition) is 4. The Morgan fingerprint density at radius 2 is 2.17 bits per heavy atom. The number of aromatic nitrogens is 2. The zero-order chi connectivity index (χ0) is 16.2. The van der Waals surface area contributed by atoms with E-state index < -0.39 is 0 Å². The molecule has 0 bridgehead atoms. The van der Waals surface area contributed by atoms with Crippen molar-refractivity contribution in [3.8, 4) is 0 Å². The lowest BCUT2D eigenvalue weighted by atomic mass is 10.2. The van der Waals surface area contributed by atoms with E-state index >= 15 is 0 Å². The molecule has 1 amide bonds. The minimum absolute atomic E-state index is 0.0688. The van der Waals surface area contributed by atoms with Crippen molar-refractivity contribution in [1.82, 2.24) is 19.6 Å². The lowest BCUT2D eigenvalue weighted by molar-refractivity contribution is 0.0383. The zero-order valence-electron chi connectivity index (χ0n) is 13.2. The van der Waals surface area contributed by atoms with E-state index in [1.807, 2.05) is 29.7 Å². The molecule has 1 aliphatic heterocycles. The molecule has 0 radical (unpaired) electrons. The highest BCUT2D eigenvalue weighted by Gasteiger charge is 2.18. The summed E-state index contributed by atoms with van der Waals surface area (Å²) in [5.41, 5.74) is 2.25. The molecule has 6 nitrogen and oxygen atoms in total. The van der Waals surface area contributed by atoms with Crippen molar-refractivity contribution < 1.29 is 9.53 Å². The van der Waals surface area contributed by atoms with Gasteiger partial charge in [0.15, 0.2) is 0 Å². The molecule has 1 aliphatic rings. The van der Waals surface area contributed by atoms with Crippen LogP contribution < -0.4 is 5.32 Å². The number of amides is 1. The fourth-order valence-electron chi connectivity index (χ4n) is 2.79. The molecule has 23 heavy (non-hydrogen) atoms. The molecule has 0 aromatic carbocycles. The van der Waals surface area contributed by atoms with Crippen LogP contribution in [0, 0.1) is 0 Å². The predicted octanol–water partition coefficient (Wildman–Crippen LogP) is 1.72. The molecule has 1 saturated heterocycles. The lowest BCUT2D eigenvalue weighted by Gasteiger charge is -2.26. The van der Waals surface area contributed by atoms with Crippen LogP contribution in [0.1, 0.15) is 23.1 Å². The molecule has 3 rings (SSSR count). The van der Waals surface area contributed by atoms with Crippen molar-refractivity contribution in [2.45, 2.75) is 13.3 Å². The zero-order valence-corrected chi connectivity index (χ0v) is 14.8. The number of hydrogen-bond donors (Lipinski definition) is 1. The second kappa shape index (κ2) is 7.42. The number of imidazole rings is 1. The highest BCUT2D eigenvalue weighted by atomic mass is 79.9. The van der Waals surface area contributed by atoms with Gasteiger partial charge in [-0.2, -0.15) is 0 Å². The summed E-state index contributed by atoms with van der Waals surface area (Å²) in [6.45, 7) is 6.89. The largest absolute Gasteiger partial charge is 0.379 e. The van der Waals surface area contributed by atoms with Crippen molar-refractivity contribution in [3.05, 3.63) is 34.2 Å². The van der Waals surface area contributed by atoms with Crippen LogP contribution in [-0.2, 0) is 11.2 Å². The van der Waals surface area contributed by atoms with Gasteiger partial charge in [0.25, 0.3) is 5.91 Å². The topological polar surface area (TPSA) is 58.9 Å². The van der Waals surface area contributed by atoms with Crippen LogP contribution in [0.25, 0.3) is 5.65 Å². The standard InChI is InChI=1S/C16H21BrN4O2/c1-2-13-15(21-11-12(17)3-4-14(21)19-13)16(22)18-5-6-20-7-9-23-10-8-20/h3-4,11H,2,5-10H2,1H3,(H,18,22). The molecule has 3 heterocycles. The molecule has 7 heteroatoms. The third-order valence-corrected chi connectivity index (χ3v) is 4.49. The van der Waals surface area contributed by atoms with Gasteiger partial charge in [0.05, 0.1) is 18.9 Å². The molecule has 0 spiro atoms. The van der Waals surface area contributed by atoms with Gasteiger partial charge in [-0.3, -0.25) is 14.1 Å². The number of halogens is 1. The van der Waals surface area contributed by atoms with Crippen molar-refractivity contribution in [3.63, 3.8) is 0 Å². The number of nitrogens with one attached hydrogen (secondary N) is 1. The maximum atomic E-state index is 12.6. The van der Waals surface area contributed by atoms with E-state index in [9.17, 15) is 4.79 Å². The minimum atomic E-state index is -0.0688. The lowest BCUT2D eigenvalue weighted by Crippen LogP contribution is -2.41. The number of fused-ring (bicyclic) bond motifs is 1. The summed E-state index contributed by atoms with van der Waals surface area (Å²) >= 11 is 3.45. The Hall–Kier alpha value is -1.44. The quantitative estimate of drug-likeness (QED) is 0.857. The van der Waals surface area contributed by atoms with E-state index in [4.69, 9.17) is 4.74 Å². The van der Waals surface area contributed by atoms with Crippen LogP contribution in [0.2, 0.25) is 0 Å². The third-order valence-electron chi connectivity index (χ3n) is 4.02. The molecule has 0 atom stereocenters. The summed E-state index contributed by atoms with van der Waals surface area (Å²) in [6.07, 6.45) is 2.61. The van der Waals surface area contributed by atoms with Crippen LogP contribution >= 0.6 is 15.9 Å². The number of carbonyl (C=O) groups excluding carboxylic acids is 1. The van der Waals surface area contributed by atoms with Crippen LogP contribution in [0.3, 0.4) is 0 Å². The molecule has 0 aliphatic carbocycles.